The average molecular weight is 714 g/mol. The van der Waals surface area contributed by atoms with Crippen LogP contribution in [-0.2, 0) is 54.7 Å². The molecular weight excluding hydrogens is 661 g/mol. The topological polar surface area (TPSA) is 183 Å². The van der Waals surface area contributed by atoms with Gasteiger partial charge < -0.3 is 25.0 Å². The lowest BCUT2D eigenvalue weighted by Crippen LogP contribution is -2.40. The van der Waals surface area contributed by atoms with Gasteiger partial charge in [-0.15, -0.1) is 13.2 Å². The Morgan fingerprint density at radius 3 is 2.27 bits per heavy atom. The van der Waals surface area contributed by atoms with Crippen LogP contribution < -0.4 is 16.8 Å². The van der Waals surface area contributed by atoms with E-state index in [1.165, 1.54) is 30.9 Å². The Morgan fingerprint density at radius 2 is 1.71 bits per heavy atom. The molecule has 13 nitrogen and oxygen atoms in total. The molecule has 14 heteroatoms. The van der Waals surface area contributed by atoms with Gasteiger partial charge in [-0.2, -0.15) is 0 Å². The van der Waals surface area contributed by atoms with Gasteiger partial charge in [0.2, 0.25) is 17.7 Å². The predicted molar refractivity (Wildman–Crippen MR) is 194 cm³/mol. The summed E-state index contributed by atoms with van der Waals surface area (Å²) in [6.45, 7) is 20.3. The number of hydroxylamine groups is 1. The molecule has 2 aliphatic rings. The van der Waals surface area contributed by atoms with E-state index in [-0.39, 0.29) is 61.7 Å². The Kier molecular flexibility index (Phi) is 18.2. The number of nitrogens with zero attached hydrogens (tertiary/aromatic N) is 3. The Hall–Kier alpha value is -5.11. The van der Waals surface area contributed by atoms with Crippen molar-refractivity contribution in [2.24, 2.45) is 5.73 Å². The fraction of sp³-hybridized carbons (Fsp3) is 0.459. The van der Waals surface area contributed by atoms with Crippen molar-refractivity contribution in [3.05, 3.63) is 69.3 Å². The molecule has 0 saturated carbocycles. The van der Waals surface area contributed by atoms with Crippen molar-refractivity contribution in [1.82, 2.24) is 19.9 Å². The molecule has 5 rings (SSSR count). The zero-order chi connectivity index (χ0) is 39.0. The van der Waals surface area contributed by atoms with Gasteiger partial charge in [-0.1, -0.05) is 34.6 Å². The van der Waals surface area contributed by atoms with E-state index in [4.69, 9.17) is 20.3 Å². The van der Waals surface area contributed by atoms with Gasteiger partial charge in [-0.25, -0.2) is 14.9 Å². The van der Waals surface area contributed by atoms with Gasteiger partial charge in [0.05, 0.1) is 42.2 Å². The maximum absolute atomic E-state index is 14.5. The van der Waals surface area contributed by atoms with Crippen molar-refractivity contribution >= 4 is 34.6 Å². The number of hydrogen-bond donors (Lipinski definition) is 3. The van der Waals surface area contributed by atoms with Crippen LogP contribution in [0.2, 0.25) is 0 Å². The highest BCUT2D eigenvalue weighted by molar-refractivity contribution is 5.92. The number of aromatic hydroxyl groups is 1. The molecule has 1 aromatic carbocycles. The number of ether oxygens (including phenoxy) is 1. The first-order chi connectivity index (χ1) is 24.3. The average Bonchev–Trinajstić information content (AvgIpc) is 3.49. The summed E-state index contributed by atoms with van der Waals surface area (Å²) in [6.07, 6.45) is 2.85. The van der Waals surface area contributed by atoms with Gasteiger partial charge in [0.15, 0.2) is 0 Å². The van der Waals surface area contributed by atoms with E-state index in [0.29, 0.717) is 29.0 Å². The van der Waals surface area contributed by atoms with Crippen molar-refractivity contribution in [3.8, 4) is 17.1 Å². The first kappa shape index (κ1) is 43.9. The number of esters is 1. The monoisotopic (exact) mass is 713 g/mol. The third-order valence-corrected chi connectivity index (χ3v) is 7.71. The summed E-state index contributed by atoms with van der Waals surface area (Å²) in [5.41, 5.74) is 12.2. The van der Waals surface area contributed by atoms with Gasteiger partial charge in [0, 0.05) is 49.9 Å². The first-order valence-corrected chi connectivity index (χ1v) is 17.0. The molecule has 1 aliphatic heterocycles. The lowest BCUT2D eigenvalue weighted by Gasteiger charge is -2.21. The minimum Gasteiger partial charge on any atom is -0.507 e. The quantitative estimate of drug-likeness (QED) is 0.0953. The molecule has 0 spiro atoms. The van der Waals surface area contributed by atoms with Crippen LogP contribution in [-0.4, -0.2) is 62.9 Å². The molecule has 0 unspecified atom stereocenters. The number of hydrogen-bond acceptors (Lipinski definition) is 9. The number of pyridine rings is 2. The highest BCUT2D eigenvalue weighted by Gasteiger charge is 2.30. The van der Waals surface area contributed by atoms with E-state index in [1.54, 1.807) is 18.4 Å². The summed E-state index contributed by atoms with van der Waals surface area (Å²) in [5, 5.41) is 11.4. The normalized spacial score (nSPS) is 11.3. The summed E-state index contributed by atoms with van der Waals surface area (Å²) >= 11 is 0. The van der Waals surface area contributed by atoms with Crippen LogP contribution >= 0.6 is 0 Å². The van der Waals surface area contributed by atoms with E-state index in [9.17, 15) is 33.5 Å². The molecule has 51 heavy (non-hydrogen) atoms. The highest BCUT2D eigenvalue weighted by Crippen LogP contribution is 2.41. The van der Waals surface area contributed by atoms with E-state index in [0.717, 1.165) is 41.3 Å². The molecule has 4 N–H and O–H groups in total. The van der Waals surface area contributed by atoms with Crippen molar-refractivity contribution in [2.75, 3.05) is 19.7 Å². The van der Waals surface area contributed by atoms with Crippen molar-refractivity contribution in [2.45, 2.75) is 94.2 Å². The Labute approximate surface area is 298 Å². The number of benzene rings is 1. The molecule has 3 aromatic rings. The van der Waals surface area contributed by atoms with Gasteiger partial charge >= 0.3 is 5.97 Å². The summed E-state index contributed by atoms with van der Waals surface area (Å²) in [5.74, 6) is -2.14. The van der Waals surface area contributed by atoms with Crippen LogP contribution in [0.15, 0.2) is 30.1 Å². The number of aromatic nitrogens is 2. The highest BCUT2D eigenvalue weighted by atomic mass is 19.1. The Bertz CT molecular complexity index is 1770. The minimum absolute atomic E-state index is 0.0394. The number of nitrogens with one attached hydrogen (secondary N) is 1. The number of carbonyl (C=O) groups excluding carboxylic acids is 4. The smallest absolute Gasteiger partial charge is 0.302 e. The first-order valence-electron chi connectivity index (χ1n) is 17.0. The number of aryl methyl sites for hydroxylation is 2. The van der Waals surface area contributed by atoms with Crippen molar-refractivity contribution < 1.29 is 38.2 Å². The Balaban J connectivity index is 0.000000507. The van der Waals surface area contributed by atoms with Crippen LogP contribution in [0.1, 0.15) is 89.1 Å². The van der Waals surface area contributed by atoms with Crippen LogP contribution in [0.4, 0.5) is 4.39 Å². The second-order valence-corrected chi connectivity index (χ2v) is 10.8. The fourth-order valence-electron chi connectivity index (χ4n) is 5.62. The Morgan fingerprint density at radius 1 is 1.08 bits per heavy atom. The van der Waals surface area contributed by atoms with Gasteiger partial charge in [0.25, 0.3) is 5.56 Å². The number of halogens is 1. The molecule has 0 fully saturated rings. The molecule has 0 saturated heterocycles. The van der Waals surface area contributed by atoms with E-state index >= 15 is 0 Å². The van der Waals surface area contributed by atoms with Crippen molar-refractivity contribution in [3.63, 3.8) is 0 Å². The molecule has 1 aliphatic carbocycles. The molecule has 0 atom stereocenters. The van der Waals surface area contributed by atoms with Crippen LogP contribution in [0.3, 0.4) is 0 Å². The van der Waals surface area contributed by atoms with Gasteiger partial charge in [0.1, 0.15) is 18.2 Å². The second kappa shape index (κ2) is 21.2. The molecule has 3 amide bonds. The van der Waals surface area contributed by atoms with E-state index in [1.807, 2.05) is 27.7 Å². The molecular formula is C37H52FN5O8. The SMILES string of the molecule is C=C.CC.CC.CC(=O)OCc1c(O)cc2n(c1=O)Cc1c-2nc2cc(F)c(C)c3c2c1CCC3.CCC(=O)N(CCONC(C)=O)CC(N)=O. The second-order valence-electron chi connectivity index (χ2n) is 10.8. The van der Waals surface area contributed by atoms with Crippen LogP contribution in [0.5, 0.6) is 5.75 Å². The van der Waals surface area contributed by atoms with Crippen LogP contribution in [0.25, 0.3) is 22.3 Å². The van der Waals surface area contributed by atoms with Crippen molar-refractivity contribution in [1.29, 1.82) is 0 Å². The summed E-state index contributed by atoms with van der Waals surface area (Å²) in [7, 11) is 0. The number of fused-ring (bicyclic) bond motifs is 4. The molecule has 0 radical (unpaired) electrons. The summed E-state index contributed by atoms with van der Waals surface area (Å²) in [6, 6.07) is 2.94. The maximum atomic E-state index is 14.5. The zero-order valence-corrected chi connectivity index (χ0v) is 31.0. The zero-order valence-electron chi connectivity index (χ0n) is 31.0. The van der Waals surface area contributed by atoms with Gasteiger partial charge in [-0.05, 0) is 42.9 Å². The largest absolute Gasteiger partial charge is 0.507 e. The van der Waals surface area contributed by atoms with Gasteiger partial charge in [-0.3, -0.25) is 28.8 Å². The lowest BCUT2D eigenvalue weighted by atomic mass is 9.85. The lowest BCUT2D eigenvalue weighted by molar-refractivity contribution is -0.142. The minimum atomic E-state index is -0.582. The van der Waals surface area contributed by atoms with E-state index < -0.39 is 17.4 Å². The standard InChI is InChI=1S/C22H19FN2O4.C9H17N3O4.2C2H6.C2H4/c1-10-12-4-3-5-13-14-8-25-18(21(14)24-17(20(12)13)6-16(10)23)7-19(27)15(22(25)28)9-29-11(2)26;1-3-9(15)12(6-8(10)14)4-5-16-11-7(2)13;3*1-2/h6-7,27H,3-5,8-9H2,1-2H3;3-6H2,1-2H3,(H2,10,14)(H,11,13);2*1-2H3;1-2H2. The number of amides is 3. The molecule has 0 bridgehead atoms. The third kappa shape index (κ3) is 10.9. The fourth-order valence-corrected chi connectivity index (χ4v) is 5.62. The summed E-state index contributed by atoms with van der Waals surface area (Å²) in [4.78, 5) is 67.3. The summed E-state index contributed by atoms with van der Waals surface area (Å²) < 4.78 is 20.9. The number of rotatable bonds is 9. The van der Waals surface area contributed by atoms with E-state index in [2.05, 4.69) is 18.6 Å². The number of primary amides is 1. The molecule has 3 heterocycles. The number of carbonyl (C=O) groups is 4. The predicted octanol–water partition coefficient (Wildman–Crippen LogP) is 4.76. The third-order valence-electron chi connectivity index (χ3n) is 7.71. The maximum Gasteiger partial charge on any atom is 0.302 e. The molecule has 2 aromatic heterocycles. The molecule has 280 valence electrons. The van der Waals surface area contributed by atoms with Crippen LogP contribution in [0, 0.1) is 12.7 Å². The number of nitrogens with two attached hydrogens (primary N) is 1.